The van der Waals surface area contributed by atoms with E-state index in [0.29, 0.717) is 12.2 Å². The van der Waals surface area contributed by atoms with Gasteiger partial charge in [-0.2, -0.15) is 4.68 Å². The molecule has 0 bridgehead atoms. The maximum atomic E-state index is 11.3. The molecule has 0 spiro atoms. The Hall–Kier alpha value is -2.70. The van der Waals surface area contributed by atoms with E-state index in [4.69, 9.17) is 4.74 Å². The fourth-order valence-corrected chi connectivity index (χ4v) is 2.26. The second-order valence-corrected chi connectivity index (χ2v) is 5.00. The molecule has 2 aromatic rings. The molecule has 1 aromatic carbocycles. The Labute approximate surface area is 120 Å². The van der Waals surface area contributed by atoms with Gasteiger partial charge in [0.2, 0.25) is 0 Å². The van der Waals surface area contributed by atoms with Crippen molar-refractivity contribution in [2.45, 2.75) is 26.4 Å². The van der Waals surface area contributed by atoms with Crippen molar-refractivity contribution in [3.63, 3.8) is 0 Å². The maximum absolute atomic E-state index is 11.3. The van der Waals surface area contributed by atoms with Gasteiger partial charge in [0.1, 0.15) is 11.3 Å². The molecule has 0 saturated heterocycles. The second-order valence-electron chi connectivity index (χ2n) is 5.00. The van der Waals surface area contributed by atoms with Gasteiger partial charge < -0.3 is 9.84 Å². The van der Waals surface area contributed by atoms with Gasteiger partial charge >= 0.3 is 5.97 Å². The number of allylic oxidation sites excluding steroid dienone is 1. The van der Waals surface area contributed by atoms with Crippen LogP contribution >= 0.6 is 0 Å². The van der Waals surface area contributed by atoms with E-state index in [0.717, 1.165) is 11.3 Å². The Balaban J connectivity index is 2.13. The number of fused-ring (bicyclic) bond motifs is 3. The largest absolute Gasteiger partial charge is 0.491 e. The number of carbonyl (C=O) groups is 1. The van der Waals surface area contributed by atoms with Crippen molar-refractivity contribution in [2.24, 2.45) is 0 Å². The number of hydrogen-bond acceptors (Lipinski definition) is 5. The van der Waals surface area contributed by atoms with E-state index in [1.165, 1.54) is 4.68 Å². The quantitative estimate of drug-likeness (QED) is 0.919. The van der Waals surface area contributed by atoms with Crippen LogP contribution < -0.4 is 4.74 Å². The van der Waals surface area contributed by atoms with Crippen molar-refractivity contribution in [2.75, 3.05) is 0 Å². The summed E-state index contributed by atoms with van der Waals surface area (Å²) in [5.74, 6) is -0.121. The Morgan fingerprint density at radius 2 is 2.24 bits per heavy atom. The van der Waals surface area contributed by atoms with Gasteiger partial charge in [0, 0.05) is 6.07 Å². The number of nitrogens with zero attached hydrogens (tertiary/aromatic N) is 4. The smallest absolute Gasteiger partial charge is 0.339 e. The number of carboxylic acid groups (broad SMARTS) is 1. The number of rotatable bonds is 3. The van der Waals surface area contributed by atoms with Crippen LogP contribution in [0.25, 0.3) is 11.3 Å². The first kappa shape index (κ1) is 13.3. The van der Waals surface area contributed by atoms with Crippen molar-refractivity contribution in [3.8, 4) is 11.4 Å². The molecule has 1 aliphatic rings. The van der Waals surface area contributed by atoms with E-state index in [2.05, 4.69) is 15.5 Å². The minimum atomic E-state index is -1.04. The average molecular weight is 286 g/mol. The minimum absolute atomic E-state index is 0.0508. The van der Waals surface area contributed by atoms with Crippen LogP contribution in [0, 0.1) is 0 Å². The third-order valence-electron chi connectivity index (χ3n) is 3.12. The maximum Gasteiger partial charge on any atom is 0.339 e. The van der Waals surface area contributed by atoms with Crippen LogP contribution in [0.5, 0.6) is 5.75 Å². The third-order valence-corrected chi connectivity index (χ3v) is 3.12. The van der Waals surface area contributed by atoms with Crippen molar-refractivity contribution in [3.05, 3.63) is 35.7 Å². The lowest BCUT2D eigenvalue weighted by Gasteiger charge is -2.13. The molecule has 0 radical (unpaired) electrons. The highest BCUT2D eigenvalue weighted by atomic mass is 16.5. The number of aliphatic carboxylic acids is 1. The topological polar surface area (TPSA) is 90.1 Å². The van der Waals surface area contributed by atoms with Crippen molar-refractivity contribution in [1.82, 2.24) is 20.2 Å². The van der Waals surface area contributed by atoms with Gasteiger partial charge in [-0.3, -0.25) is 0 Å². The van der Waals surface area contributed by atoms with Gasteiger partial charge in [0.15, 0.2) is 5.82 Å². The molecule has 108 valence electrons. The van der Waals surface area contributed by atoms with E-state index >= 15 is 0 Å². The molecule has 0 fully saturated rings. The van der Waals surface area contributed by atoms with Crippen LogP contribution in [0.2, 0.25) is 0 Å². The molecule has 0 aliphatic carbocycles. The van der Waals surface area contributed by atoms with E-state index < -0.39 is 5.97 Å². The number of hydrogen-bond donors (Lipinski definition) is 1. The molecule has 2 heterocycles. The SMILES string of the molecule is CC(C)Oc1ccc2c(c1)-n1nnnc1C(C(=O)O)=CC2. The van der Waals surface area contributed by atoms with E-state index in [-0.39, 0.29) is 17.5 Å². The van der Waals surface area contributed by atoms with Crippen LogP contribution in [-0.4, -0.2) is 37.4 Å². The standard InChI is InChI=1S/C14H14N4O3/c1-8(2)21-10-5-3-9-4-6-11(14(19)20)13-15-16-17-18(13)12(9)7-10/h3,5-8H,4H2,1-2H3,(H,19,20). The first-order valence-corrected chi connectivity index (χ1v) is 6.58. The predicted molar refractivity (Wildman–Crippen MR) is 74.2 cm³/mol. The lowest BCUT2D eigenvalue weighted by atomic mass is 10.1. The minimum Gasteiger partial charge on any atom is -0.491 e. The highest BCUT2D eigenvalue weighted by molar-refractivity contribution is 6.14. The zero-order valence-corrected chi connectivity index (χ0v) is 11.6. The number of carboxylic acids is 1. The summed E-state index contributed by atoms with van der Waals surface area (Å²) in [4.78, 5) is 11.3. The number of aromatic nitrogens is 4. The summed E-state index contributed by atoms with van der Waals surface area (Å²) in [5.41, 5.74) is 1.78. The molecule has 0 unspecified atom stereocenters. The van der Waals surface area contributed by atoms with Crippen LogP contribution in [-0.2, 0) is 11.2 Å². The first-order chi connectivity index (χ1) is 10.1. The summed E-state index contributed by atoms with van der Waals surface area (Å²) in [5, 5.41) is 20.6. The van der Waals surface area contributed by atoms with Crippen molar-refractivity contribution < 1.29 is 14.6 Å². The van der Waals surface area contributed by atoms with Gasteiger partial charge in [0.05, 0.1) is 11.8 Å². The zero-order chi connectivity index (χ0) is 15.0. The average Bonchev–Trinajstić information content (AvgIpc) is 2.83. The number of ether oxygens (including phenoxy) is 1. The van der Waals surface area contributed by atoms with Crippen LogP contribution in [0.15, 0.2) is 24.3 Å². The van der Waals surface area contributed by atoms with Crippen molar-refractivity contribution in [1.29, 1.82) is 0 Å². The molecule has 1 N–H and O–H groups in total. The Morgan fingerprint density at radius 1 is 1.43 bits per heavy atom. The van der Waals surface area contributed by atoms with E-state index in [1.54, 1.807) is 6.08 Å². The summed E-state index contributed by atoms with van der Waals surface area (Å²) >= 11 is 0. The summed E-state index contributed by atoms with van der Waals surface area (Å²) in [6.07, 6.45) is 2.17. The molecule has 1 aliphatic heterocycles. The Morgan fingerprint density at radius 3 is 2.95 bits per heavy atom. The van der Waals surface area contributed by atoms with Crippen LogP contribution in [0.3, 0.4) is 0 Å². The Kier molecular flexibility index (Phi) is 3.17. The predicted octanol–water partition coefficient (Wildman–Crippen LogP) is 1.47. The summed E-state index contributed by atoms with van der Waals surface area (Å²) in [6, 6.07) is 5.59. The lowest BCUT2D eigenvalue weighted by Crippen LogP contribution is -2.09. The highest BCUT2D eigenvalue weighted by Crippen LogP contribution is 2.28. The van der Waals surface area contributed by atoms with Gasteiger partial charge in [-0.15, -0.1) is 5.10 Å². The monoisotopic (exact) mass is 286 g/mol. The van der Waals surface area contributed by atoms with E-state index in [1.807, 2.05) is 32.0 Å². The zero-order valence-electron chi connectivity index (χ0n) is 11.6. The fourth-order valence-electron chi connectivity index (χ4n) is 2.26. The van der Waals surface area contributed by atoms with Crippen LogP contribution in [0.4, 0.5) is 0 Å². The van der Waals surface area contributed by atoms with Gasteiger partial charge in [-0.05, 0) is 42.3 Å². The van der Waals surface area contributed by atoms with Gasteiger partial charge in [0.25, 0.3) is 0 Å². The number of tetrazole rings is 1. The highest BCUT2D eigenvalue weighted by Gasteiger charge is 2.23. The molecule has 3 rings (SSSR count). The van der Waals surface area contributed by atoms with Gasteiger partial charge in [-0.1, -0.05) is 12.1 Å². The lowest BCUT2D eigenvalue weighted by molar-refractivity contribution is -0.130. The summed E-state index contributed by atoms with van der Waals surface area (Å²) in [7, 11) is 0. The molecular weight excluding hydrogens is 272 g/mol. The Bertz CT molecular complexity index is 734. The molecule has 7 nitrogen and oxygen atoms in total. The summed E-state index contributed by atoms with van der Waals surface area (Å²) < 4.78 is 7.11. The molecular formula is C14H14N4O3. The summed E-state index contributed by atoms with van der Waals surface area (Å²) in [6.45, 7) is 3.89. The molecule has 0 atom stereocenters. The fraction of sp³-hybridized carbons (Fsp3) is 0.286. The number of benzene rings is 1. The van der Waals surface area contributed by atoms with Gasteiger partial charge in [-0.25, -0.2) is 4.79 Å². The first-order valence-electron chi connectivity index (χ1n) is 6.58. The molecule has 0 amide bonds. The third kappa shape index (κ3) is 2.37. The molecule has 21 heavy (non-hydrogen) atoms. The molecule has 0 saturated carbocycles. The molecule has 1 aromatic heterocycles. The van der Waals surface area contributed by atoms with E-state index in [9.17, 15) is 9.90 Å². The normalized spacial score (nSPS) is 13.2. The molecule has 7 heteroatoms. The van der Waals surface area contributed by atoms with Crippen LogP contribution in [0.1, 0.15) is 25.2 Å². The second kappa shape index (κ2) is 5.01. The van der Waals surface area contributed by atoms with Crippen molar-refractivity contribution >= 4 is 11.5 Å².